The number of aromatic nitrogens is 1. The number of carboxylic acids is 2. The summed E-state index contributed by atoms with van der Waals surface area (Å²) in [6, 6.07) is 9.89. The SMILES string of the molecule is N[C@@H]1C(=O)N2C(C(=O)O)=C(C=C3CCN(Cc4cc[n+](Cc5ccc(C(=O)O)cc5)cc4)C3=O)CS[C@H]12. The second-order valence-corrected chi connectivity index (χ2v) is 10.2. The van der Waals surface area contributed by atoms with E-state index >= 15 is 0 Å². The number of amides is 2. The van der Waals surface area contributed by atoms with Gasteiger partial charge in [-0.15, -0.1) is 11.8 Å². The van der Waals surface area contributed by atoms with Crippen LogP contribution < -0.4 is 10.3 Å². The molecule has 2 saturated heterocycles. The first-order valence-electron chi connectivity index (χ1n) is 11.7. The highest BCUT2D eigenvalue weighted by atomic mass is 32.2. The number of β-lactam (4-membered cyclic amide) rings is 1. The minimum absolute atomic E-state index is 0.0839. The van der Waals surface area contributed by atoms with Gasteiger partial charge in [0.25, 0.3) is 0 Å². The Morgan fingerprint density at radius 2 is 1.76 bits per heavy atom. The highest BCUT2D eigenvalue weighted by Crippen LogP contribution is 2.40. The zero-order valence-electron chi connectivity index (χ0n) is 19.7. The zero-order chi connectivity index (χ0) is 26.3. The van der Waals surface area contributed by atoms with Crippen LogP contribution in [-0.4, -0.2) is 67.5 Å². The third-order valence-electron chi connectivity index (χ3n) is 6.70. The molecule has 4 heterocycles. The van der Waals surface area contributed by atoms with E-state index in [4.69, 9.17) is 10.8 Å². The van der Waals surface area contributed by atoms with Gasteiger partial charge in [0, 0.05) is 42.1 Å². The summed E-state index contributed by atoms with van der Waals surface area (Å²) < 4.78 is 1.97. The Kier molecular flexibility index (Phi) is 6.57. The molecule has 1 aromatic heterocycles. The molecule has 37 heavy (non-hydrogen) atoms. The molecule has 2 amide bonds. The van der Waals surface area contributed by atoms with Crippen LogP contribution in [0.25, 0.3) is 0 Å². The summed E-state index contributed by atoms with van der Waals surface area (Å²) in [4.78, 5) is 51.1. The average Bonchev–Trinajstić information content (AvgIpc) is 3.23. The molecule has 3 aliphatic heterocycles. The van der Waals surface area contributed by atoms with Crippen molar-refractivity contribution in [2.75, 3.05) is 12.3 Å². The topological polar surface area (TPSA) is 145 Å². The number of nitrogens with zero attached hydrogens (tertiary/aromatic N) is 3. The predicted molar refractivity (Wildman–Crippen MR) is 133 cm³/mol. The van der Waals surface area contributed by atoms with Crippen LogP contribution in [0, 0.1) is 0 Å². The van der Waals surface area contributed by atoms with Crippen LogP contribution in [0.15, 0.2) is 71.7 Å². The number of pyridine rings is 1. The lowest BCUT2D eigenvalue weighted by Crippen LogP contribution is -2.68. The van der Waals surface area contributed by atoms with Gasteiger partial charge < -0.3 is 20.8 Å². The molecule has 5 rings (SSSR count). The van der Waals surface area contributed by atoms with E-state index in [0.29, 0.717) is 43.0 Å². The Hall–Kier alpha value is -3.96. The van der Waals surface area contributed by atoms with E-state index in [1.54, 1.807) is 35.2 Å². The predicted octanol–water partition coefficient (Wildman–Crippen LogP) is 0.960. The molecule has 0 saturated carbocycles. The lowest BCUT2D eigenvalue weighted by molar-refractivity contribution is -0.688. The number of rotatable bonds is 7. The van der Waals surface area contributed by atoms with E-state index in [-0.39, 0.29) is 22.5 Å². The summed E-state index contributed by atoms with van der Waals surface area (Å²) in [5.74, 6) is -2.35. The Labute approximate surface area is 216 Å². The molecule has 2 fully saturated rings. The van der Waals surface area contributed by atoms with Gasteiger partial charge in [0.05, 0.1) is 5.56 Å². The van der Waals surface area contributed by atoms with E-state index < -0.39 is 23.9 Å². The number of nitrogens with two attached hydrogens (primary N) is 1. The minimum Gasteiger partial charge on any atom is -0.478 e. The maximum Gasteiger partial charge on any atom is 0.352 e. The molecule has 0 bridgehead atoms. The average molecular weight is 522 g/mol. The third-order valence-corrected chi connectivity index (χ3v) is 8.03. The maximum absolute atomic E-state index is 13.1. The molecule has 0 aliphatic carbocycles. The monoisotopic (exact) mass is 521 g/mol. The van der Waals surface area contributed by atoms with E-state index in [1.807, 2.05) is 29.1 Å². The fraction of sp³-hybridized carbons (Fsp3) is 0.269. The van der Waals surface area contributed by atoms with Gasteiger partial charge in [-0.1, -0.05) is 12.1 Å². The highest BCUT2D eigenvalue weighted by Gasteiger charge is 2.51. The van der Waals surface area contributed by atoms with Crippen LogP contribution in [-0.2, 0) is 27.5 Å². The van der Waals surface area contributed by atoms with Crippen LogP contribution in [0.4, 0.5) is 0 Å². The molecule has 190 valence electrons. The van der Waals surface area contributed by atoms with E-state index in [0.717, 1.165) is 11.1 Å². The summed E-state index contributed by atoms with van der Waals surface area (Å²) in [6.45, 7) is 1.53. The van der Waals surface area contributed by atoms with Gasteiger partial charge in [-0.3, -0.25) is 14.5 Å². The van der Waals surface area contributed by atoms with E-state index in [9.17, 15) is 24.3 Å². The van der Waals surface area contributed by atoms with Crippen LogP contribution in [0.1, 0.15) is 27.9 Å². The van der Waals surface area contributed by atoms with Gasteiger partial charge in [0.1, 0.15) is 17.1 Å². The van der Waals surface area contributed by atoms with Gasteiger partial charge in [0.2, 0.25) is 11.8 Å². The normalized spacial score (nSPS) is 22.4. The summed E-state index contributed by atoms with van der Waals surface area (Å²) in [5.41, 5.74) is 8.86. The summed E-state index contributed by atoms with van der Waals surface area (Å²) in [6.07, 6.45) is 5.94. The Morgan fingerprint density at radius 3 is 2.41 bits per heavy atom. The summed E-state index contributed by atoms with van der Waals surface area (Å²) >= 11 is 1.41. The Morgan fingerprint density at radius 1 is 1.05 bits per heavy atom. The Balaban J connectivity index is 1.25. The van der Waals surface area contributed by atoms with Crippen molar-refractivity contribution in [3.63, 3.8) is 0 Å². The van der Waals surface area contributed by atoms with Gasteiger partial charge >= 0.3 is 11.9 Å². The second kappa shape index (κ2) is 9.83. The lowest BCUT2D eigenvalue weighted by atomic mass is 10.0. The number of carboxylic acid groups (broad SMARTS) is 2. The molecule has 0 spiro atoms. The maximum atomic E-state index is 13.1. The fourth-order valence-electron chi connectivity index (χ4n) is 4.70. The second-order valence-electron chi connectivity index (χ2n) is 9.14. The van der Waals surface area contributed by atoms with Crippen molar-refractivity contribution in [2.45, 2.75) is 30.9 Å². The number of aliphatic carboxylic acids is 1. The molecule has 0 radical (unpaired) electrons. The summed E-state index contributed by atoms with van der Waals surface area (Å²) in [5, 5.41) is 18.4. The van der Waals surface area contributed by atoms with Crippen molar-refractivity contribution in [1.29, 1.82) is 0 Å². The van der Waals surface area contributed by atoms with Crippen molar-refractivity contribution in [3.05, 3.63) is 88.4 Å². The van der Waals surface area contributed by atoms with Crippen molar-refractivity contribution in [2.24, 2.45) is 5.73 Å². The molecule has 3 aliphatic rings. The van der Waals surface area contributed by atoms with Crippen LogP contribution in [0.2, 0.25) is 0 Å². The van der Waals surface area contributed by atoms with Gasteiger partial charge in [-0.25, -0.2) is 14.2 Å². The number of aromatic carboxylic acids is 1. The molecule has 0 unspecified atom stereocenters. The van der Waals surface area contributed by atoms with Crippen molar-refractivity contribution in [1.82, 2.24) is 9.80 Å². The quantitative estimate of drug-likeness (QED) is 0.278. The standard InChI is InChI=1S/C26H24N4O6S/c27-20-23(32)30-21(26(35)36)19(14-37-24(20)30)11-18-7-10-29(22(18)31)13-16-5-8-28(9-6-16)12-15-1-3-17(4-2-15)25(33)34/h1-6,8-9,11,20,24H,7,10,12-14,27H2,(H-,33,34,35,36)/p+1/t20-,24-/m1/s1. The number of allylic oxidation sites excluding steroid dienone is 1. The number of carbonyl (C=O) groups excluding carboxylic acids is 2. The number of benzene rings is 1. The number of hydrogen-bond donors (Lipinski definition) is 3. The van der Waals surface area contributed by atoms with Crippen LogP contribution in [0.3, 0.4) is 0 Å². The molecule has 2 aromatic rings. The Bertz CT molecular complexity index is 1350. The van der Waals surface area contributed by atoms with Gasteiger partial charge in [-0.05, 0) is 35.8 Å². The fourth-order valence-corrected chi connectivity index (χ4v) is 5.95. The number of carbonyl (C=O) groups is 4. The molecular formula is C26H25N4O6S+. The number of hydrogen-bond acceptors (Lipinski definition) is 6. The first-order chi connectivity index (χ1) is 17.7. The molecule has 2 atom stereocenters. The van der Waals surface area contributed by atoms with Gasteiger partial charge in [0.15, 0.2) is 18.9 Å². The molecule has 10 nitrogen and oxygen atoms in total. The molecule has 1 aromatic carbocycles. The first kappa shape index (κ1) is 24.7. The third kappa shape index (κ3) is 4.75. The van der Waals surface area contributed by atoms with Crippen LogP contribution >= 0.6 is 11.8 Å². The number of fused-ring (bicyclic) bond motifs is 1. The van der Waals surface area contributed by atoms with Crippen molar-refractivity contribution >= 4 is 35.5 Å². The van der Waals surface area contributed by atoms with Crippen molar-refractivity contribution < 1.29 is 34.0 Å². The van der Waals surface area contributed by atoms with E-state index in [1.165, 1.54) is 16.7 Å². The van der Waals surface area contributed by atoms with Gasteiger partial charge in [-0.2, -0.15) is 0 Å². The minimum atomic E-state index is -1.20. The zero-order valence-corrected chi connectivity index (χ0v) is 20.6. The number of likely N-dealkylation sites (tertiary alicyclic amines) is 1. The summed E-state index contributed by atoms with van der Waals surface area (Å²) in [7, 11) is 0. The smallest absolute Gasteiger partial charge is 0.352 e. The first-order valence-corrected chi connectivity index (χ1v) is 12.7. The molecule has 4 N–H and O–H groups in total. The van der Waals surface area contributed by atoms with Crippen LogP contribution in [0.5, 0.6) is 0 Å². The van der Waals surface area contributed by atoms with Crippen molar-refractivity contribution in [3.8, 4) is 0 Å². The molecular weight excluding hydrogens is 496 g/mol. The number of thioether (sulfide) groups is 1. The van der Waals surface area contributed by atoms with E-state index in [2.05, 4.69) is 0 Å². The largest absolute Gasteiger partial charge is 0.478 e. The molecule has 11 heteroatoms. The lowest BCUT2D eigenvalue weighted by Gasteiger charge is -2.47. The highest BCUT2D eigenvalue weighted by molar-refractivity contribution is 8.00.